The smallest absolute Gasteiger partial charge is 0.319 e. The van der Waals surface area contributed by atoms with E-state index in [0.29, 0.717) is 0 Å². The van der Waals surface area contributed by atoms with Gasteiger partial charge < -0.3 is 49.0 Å². The van der Waals surface area contributed by atoms with E-state index >= 15 is 0 Å². The SMILES string of the molecule is C.C.CNC(=O)CSP(=S)(OC)OC.CNC(C)=O.OP(O)(O)=S.OP(O)(O)=S. The van der Waals surface area contributed by atoms with E-state index in [4.69, 9.17) is 50.2 Å². The summed E-state index contributed by atoms with van der Waals surface area (Å²) in [5.74, 6) is 0.198. The molecular weight excluding hydrogens is 529 g/mol. The van der Waals surface area contributed by atoms with Crippen molar-refractivity contribution in [2.24, 2.45) is 0 Å². The molecule has 0 saturated carbocycles. The van der Waals surface area contributed by atoms with Gasteiger partial charge in [0.1, 0.15) is 0 Å². The Morgan fingerprint density at radius 1 is 0.862 bits per heavy atom. The molecule has 0 fully saturated rings. The maximum atomic E-state index is 10.8. The van der Waals surface area contributed by atoms with Crippen molar-refractivity contribution in [2.45, 2.75) is 21.8 Å². The molecule has 0 atom stereocenters. The number of amides is 2. The van der Waals surface area contributed by atoms with Crippen LogP contribution in [0.5, 0.6) is 0 Å². The molecule has 0 saturated heterocycles. The number of hydrogen-bond donors (Lipinski definition) is 8. The normalized spacial score (nSPS) is 9.90. The quantitative estimate of drug-likeness (QED) is 0.214. The van der Waals surface area contributed by atoms with Crippen molar-refractivity contribution in [3.63, 3.8) is 0 Å². The van der Waals surface area contributed by atoms with Gasteiger partial charge in [-0.25, -0.2) is 0 Å². The molecule has 2 amide bonds. The molecule has 182 valence electrons. The van der Waals surface area contributed by atoms with Crippen molar-refractivity contribution in [3.8, 4) is 0 Å². The zero-order chi connectivity index (χ0) is 22.9. The third-order valence-electron chi connectivity index (χ3n) is 1.43. The van der Waals surface area contributed by atoms with Crippen LogP contribution in [0.25, 0.3) is 0 Å². The molecule has 29 heavy (non-hydrogen) atoms. The van der Waals surface area contributed by atoms with Crippen LogP contribution in [0.2, 0.25) is 0 Å². The monoisotopic (exact) mass is 562 g/mol. The third-order valence-corrected chi connectivity index (χ3v) is 7.11. The summed E-state index contributed by atoms with van der Waals surface area (Å²) in [5, 5.41) is 4.88. The second kappa shape index (κ2) is 23.6. The van der Waals surface area contributed by atoms with Gasteiger partial charge in [-0.05, 0) is 35.4 Å². The summed E-state index contributed by atoms with van der Waals surface area (Å²) in [6, 6.07) is 0. The van der Waals surface area contributed by atoms with Crippen LogP contribution in [-0.4, -0.2) is 75.2 Å². The Labute approximate surface area is 191 Å². The molecule has 0 aromatic rings. The lowest BCUT2D eigenvalue weighted by Crippen LogP contribution is -2.19. The zero-order valence-electron chi connectivity index (χ0n) is 15.0. The van der Waals surface area contributed by atoms with Crippen LogP contribution in [0.3, 0.4) is 0 Å². The summed E-state index contributed by atoms with van der Waals surface area (Å²) in [5.41, 5.74) is -2.26. The molecule has 0 aromatic heterocycles. The van der Waals surface area contributed by atoms with E-state index in [9.17, 15) is 9.59 Å². The summed E-state index contributed by atoms with van der Waals surface area (Å²) < 4.78 is 9.94. The molecule has 0 spiro atoms. The van der Waals surface area contributed by atoms with Gasteiger partial charge in [0.15, 0.2) is 0 Å². The van der Waals surface area contributed by atoms with E-state index in [1.165, 1.54) is 32.5 Å². The van der Waals surface area contributed by atoms with E-state index in [0.717, 1.165) is 0 Å². The molecule has 0 bridgehead atoms. The van der Waals surface area contributed by atoms with Crippen molar-refractivity contribution in [3.05, 3.63) is 0 Å². The first kappa shape index (κ1) is 43.7. The number of rotatable bonds is 5. The summed E-state index contributed by atoms with van der Waals surface area (Å²) in [4.78, 5) is 65.9. The fourth-order valence-corrected chi connectivity index (χ4v) is 3.10. The van der Waals surface area contributed by atoms with Gasteiger partial charge in [0.25, 0.3) is 0 Å². The van der Waals surface area contributed by atoms with Crippen molar-refractivity contribution in [1.82, 2.24) is 10.6 Å². The minimum Gasteiger partial charge on any atom is -0.359 e. The van der Waals surface area contributed by atoms with Crippen LogP contribution in [0.15, 0.2) is 0 Å². The molecule has 0 rings (SSSR count). The van der Waals surface area contributed by atoms with Crippen LogP contribution in [0.4, 0.5) is 0 Å². The largest absolute Gasteiger partial charge is 0.359 e. The second-order valence-electron chi connectivity index (χ2n) is 3.59. The molecule has 19 heteroatoms. The van der Waals surface area contributed by atoms with E-state index in [-0.39, 0.29) is 32.4 Å². The van der Waals surface area contributed by atoms with Crippen molar-refractivity contribution >= 4 is 77.7 Å². The molecule has 8 N–H and O–H groups in total. The van der Waals surface area contributed by atoms with Gasteiger partial charge in [-0.2, -0.15) is 0 Å². The minimum atomic E-state index is -3.81. The number of carbonyl (C=O) groups excluding carboxylic acids is 2. The first-order valence-corrected chi connectivity index (χ1v) is 15.7. The zero-order valence-corrected chi connectivity index (χ0v) is 20.9. The van der Waals surface area contributed by atoms with E-state index in [1.54, 1.807) is 14.1 Å². The molecule has 0 heterocycles. The van der Waals surface area contributed by atoms with Gasteiger partial charge in [0.2, 0.25) is 17.5 Å². The highest BCUT2D eigenvalue weighted by molar-refractivity contribution is 8.68. The Morgan fingerprint density at radius 3 is 1.24 bits per heavy atom. The third kappa shape index (κ3) is 73.2. The fourth-order valence-electron chi connectivity index (χ4n) is 0.390. The average molecular weight is 563 g/mol. The maximum Gasteiger partial charge on any atom is 0.319 e. The Bertz CT molecular complexity index is 513. The lowest BCUT2D eigenvalue weighted by Gasteiger charge is -2.15. The molecule has 0 aliphatic rings. The predicted octanol–water partition coefficient (Wildman–Crippen LogP) is 0.383. The molecule has 0 aromatic carbocycles. The summed E-state index contributed by atoms with van der Waals surface area (Å²) >= 11 is 13.5. The minimum absolute atomic E-state index is 0. The molecule has 0 unspecified atom stereocenters. The van der Waals surface area contributed by atoms with Crippen LogP contribution < -0.4 is 10.6 Å². The second-order valence-corrected chi connectivity index (χ2v) is 15.1. The van der Waals surface area contributed by atoms with E-state index in [1.807, 2.05) is 0 Å². The highest BCUT2D eigenvalue weighted by atomic mass is 32.9. The van der Waals surface area contributed by atoms with Crippen LogP contribution in [0.1, 0.15) is 21.8 Å². The standard InChI is InChI=1S/C5H12NO3PS2.C3H7NO.2CH4.2H3O3PS/c1-6-5(7)4-12-10(11,8-2)9-3;1-3(5)4-2;;;2*1-4(2,3)5/h4H2,1-3H3,(H,6,7);1-2H3,(H,4,5);2*1H4;2*(H3,1,2,3,5). The molecular formula is C10H33N2O10P3S4. The maximum absolute atomic E-state index is 10.8. The average Bonchev–Trinajstić information content (AvgIpc) is 2.49. The van der Waals surface area contributed by atoms with E-state index in [2.05, 4.69) is 34.2 Å². The highest BCUT2D eigenvalue weighted by Gasteiger charge is 2.17. The van der Waals surface area contributed by atoms with Crippen LogP contribution >= 0.6 is 30.5 Å². The van der Waals surface area contributed by atoms with Crippen molar-refractivity contribution in [1.29, 1.82) is 0 Å². The summed E-state index contributed by atoms with van der Waals surface area (Å²) in [6.45, 7) is -6.14. The Morgan fingerprint density at radius 2 is 1.10 bits per heavy atom. The molecule has 12 nitrogen and oxygen atoms in total. The van der Waals surface area contributed by atoms with Crippen molar-refractivity contribution in [2.75, 3.05) is 34.1 Å². The van der Waals surface area contributed by atoms with Crippen molar-refractivity contribution < 1.29 is 48.0 Å². The van der Waals surface area contributed by atoms with Gasteiger partial charge in [-0.15, -0.1) is 0 Å². The van der Waals surface area contributed by atoms with Gasteiger partial charge in [0, 0.05) is 35.2 Å². The number of nitrogens with one attached hydrogen (secondary N) is 2. The Hall–Kier alpha value is 0.920. The first-order chi connectivity index (χ1) is 11.8. The van der Waals surface area contributed by atoms with Gasteiger partial charge in [-0.3, -0.25) is 9.59 Å². The van der Waals surface area contributed by atoms with E-state index < -0.39 is 19.1 Å². The Kier molecular flexibility index (Phi) is 35.6. The first-order valence-electron chi connectivity index (χ1n) is 6.16. The highest BCUT2D eigenvalue weighted by Crippen LogP contribution is 2.59. The van der Waals surface area contributed by atoms with Gasteiger partial charge >= 0.3 is 13.4 Å². The van der Waals surface area contributed by atoms with Gasteiger partial charge in [-0.1, -0.05) is 26.2 Å². The molecule has 0 radical (unpaired) electrons. The van der Waals surface area contributed by atoms with Crippen LogP contribution in [0, 0.1) is 0 Å². The fraction of sp³-hybridized carbons (Fsp3) is 0.800. The number of carbonyl (C=O) groups is 2. The lowest BCUT2D eigenvalue weighted by molar-refractivity contribution is -0.119. The lowest BCUT2D eigenvalue weighted by atomic mass is 10.7. The van der Waals surface area contributed by atoms with Crippen LogP contribution in [-0.2, 0) is 54.1 Å². The summed E-state index contributed by atoms with van der Waals surface area (Å²) in [6.07, 6.45) is 0. The topological polar surface area (TPSA) is 198 Å². The predicted molar refractivity (Wildman–Crippen MR) is 130 cm³/mol. The number of hydrogen-bond acceptors (Lipinski definition) is 8. The molecule has 0 aliphatic heterocycles. The molecule has 0 aliphatic carbocycles. The summed E-state index contributed by atoms with van der Waals surface area (Å²) in [7, 11) is 6.15. The Balaban J connectivity index is -0.0000000660. The van der Waals surface area contributed by atoms with Gasteiger partial charge in [0.05, 0.1) is 5.75 Å².